The molecule has 1 aromatic rings. The largest absolute Gasteiger partial charge is 0.375 e. The second kappa shape index (κ2) is 6.05. The molecule has 1 saturated heterocycles. The number of rotatable bonds is 4. The molecule has 2 amide bonds. The van der Waals surface area contributed by atoms with Crippen LogP contribution >= 0.6 is 0 Å². The second-order valence-corrected chi connectivity index (χ2v) is 6.42. The first kappa shape index (κ1) is 15.6. The van der Waals surface area contributed by atoms with Gasteiger partial charge in [-0.05, 0) is 30.2 Å². The number of carbonyl (C=O) groups excluding carboxylic acids is 1. The van der Waals surface area contributed by atoms with Crippen LogP contribution in [-0.2, 0) is 4.74 Å². The minimum atomic E-state index is -0.0777. The zero-order chi connectivity index (χ0) is 16.6. The molecule has 120 valence electrons. The SMILES string of the molecule is CO[C@@H]1C=C[C@@H]2[C@H]1N(CC(C)C)C(=O)N2c1ccc(C#N)cc1. The third kappa shape index (κ3) is 2.60. The second-order valence-electron chi connectivity index (χ2n) is 6.42. The smallest absolute Gasteiger partial charge is 0.325 e. The average molecular weight is 311 g/mol. The lowest BCUT2D eigenvalue weighted by Crippen LogP contribution is -2.44. The molecule has 1 fully saturated rings. The van der Waals surface area contributed by atoms with Crippen LogP contribution < -0.4 is 4.90 Å². The van der Waals surface area contributed by atoms with Crippen molar-refractivity contribution in [2.24, 2.45) is 5.92 Å². The molecule has 0 radical (unpaired) electrons. The van der Waals surface area contributed by atoms with Gasteiger partial charge >= 0.3 is 6.03 Å². The molecule has 5 nitrogen and oxygen atoms in total. The number of fused-ring (bicyclic) bond motifs is 1. The highest BCUT2D eigenvalue weighted by Crippen LogP contribution is 2.36. The number of amides is 2. The molecule has 0 bridgehead atoms. The van der Waals surface area contributed by atoms with Gasteiger partial charge in [0.1, 0.15) is 0 Å². The Bertz CT molecular complexity index is 660. The van der Waals surface area contributed by atoms with E-state index in [1.807, 2.05) is 28.0 Å². The lowest BCUT2D eigenvalue weighted by Gasteiger charge is -2.28. The van der Waals surface area contributed by atoms with E-state index in [4.69, 9.17) is 10.00 Å². The Kier molecular flexibility index (Phi) is 4.10. The average Bonchev–Trinajstić information content (AvgIpc) is 3.06. The molecule has 1 heterocycles. The van der Waals surface area contributed by atoms with Crippen molar-refractivity contribution in [3.63, 3.8) is 0 Å². The Hall–Kier alpha value is -2.32. The molecule has 0 spiro atoms. The van der Waals surface area contributed by atoms with Gasteiger partial charge in [0.2, 0.25) is 0 Å². The molecule has 0 aromatic heterocycles. The van der Waals surface area contributed by atoms with Gasteiger partial charge in [-0.1, -0.05) is 26.0 Å². The highest BCUT2D eigenvalue weighted by molar-refractivity contribution is 5.96. The zero-order valence-corrected chi connectivity index (χ0v) is 13.6. The Morgan fingerprint density at radius 1 is 1.26 bits per heavy atom. The summed E-state index contributed by atoms with van der Waals surface area (Å²) in [7, 11) is 1.68. The molecule has 23 heavy (non-hydrogen) atoms. The van der Waals surface area contributed by atoms with Crippen molar-refractivity contribution in [2.45, 2.75) is 32.0 Å². The summed E-state index contributed by atoms with van der Waals surface area (Å²) in [6.07, 6.45) is 4.01. The van der Waals surface area contributed by atoms with Crippen molar-refractivity contribution in [3.8, 4) is 6.07 Å². The summed E-state index contributed by atoms with van der Waals surface area (Å²) < 4.78 is 5.56. The quantitative estimate of drug-likeness (QED) is 0.803. The minimum absolute atomic E-state index is 0.00445. The Balaban J connectivity index is 1.95. The van der Waals surface area contributed by atoms with Crippen LogP contribution in [0.3, 0.4) is 0 Å². The molecule has 1 aromatic carbocycles. The third-order valence-corrected chi connectivity index (χ3v) is 4.40. The van der Waals surface area contributed by atoms with E-state index in [1.165, 1.54) is 0 Å². The molecule has 1 aliphatic carbocycles. The summed E-state index contributed by atoms with van der Waals surface area (Å²) >= 11 is 0. The monoisotopic (exact) mass is 311 g/mol. The van der Waals surface area contributed by atoms with E-state index in [2.05, 4.69) is 26.0 Å². The topological polar surface area (TPSA) is 56.6 Å². The first-order valence-electron chi connectivity index (χ1n) is 7.88. The van der Waals surface area contributed by atoms with Crippen LogP contribution in [0, 0.1) is 17.2 Å². The van der Waals surface area contributed by atoms with Crippen LogP contribution in [0.2, 0.25) is 0 Å². The number of benzene rings is 1. The van der Waals surface area contributed by atoms with Crippen LogP contribution in [0.4, 0.5) is 10.5 Å². The van der Waals surface area contributed by atoms with E-state index >= 15 is 0 Å². The molecular weight excluding hydrogens is 290 g/mol. The van der Waals surface area contributed by atoms with Gasteiger partial charge in [-0.25, -0.2) is 4.79 Å². The lowest BCUT2D eigenvalue weighted by molar-refractivity contribution is 0.0738. The Morgan fingerprint density at radius 2 is 1.96 bits per heavy atom. The molecule has 0 saturated carbocycles. The van der Waals surface area contributed by atoms with Crippen molar-refractivity contribution < 1.29 is 9.53 Å². The fraction of sp³-hybridized carbons (Fsp3) is 0.444. The van der Waals surface area contributed by atoms with Gasteiger partial charge in [-0.2, -0.15) is 5.26 Å². The number of hydrogen-bond donors (Lipinski definition) is 0. The maximum absolute atomic E-state index is 13.0. The van der Waals surface area contributed by atoms with E-state index in [-0.39, 0.29) is 24.2 Å². The van der Waals surface area contributed by atoms with Crippen molar-refractivity contribution in [2.75, 3.05) is 18.6 Å². The number of urea groups is 1. The fourth-order valence-electron chi connectivity index (χ4n) is 3.43. The maximum atomic E-state index is 13.0. The fourth-order valence-corrected chi connectivity index (χ4v) is 3.43. The van der Waals surface area contributed by atoms with Crippen molar-refractivity contribution >= 4 is 11.7 Å². The van der Waals surface area contributed by atoms with Gasteiger partial charge in [0.15, 0.2) is 0 Å². The molecule has 1 aliphatic heterocycles. The number of nitriles is 1. The van der Waals surface area contributed by atoms with Gasteiger partial charge in [0.25, 0.3) is 0 Å². The number of methoxy groups -OCH3 is 1. The molecule has 3 rings (SSSR count). The van der Waals surface area contributed by atoms with E-state index in [9.17, 15) is 4.79 Å². The summed E-state index contributed by atoms with van der Waals surface area (Å²) in [6, 6.07) is 9.24. The van der Waals surface area contributed by atoms with E-state index in [1.54, 1.807) is 19.2 Å². The standard InChI is InChI=1S/C18H21N3O2/c1-12(2)11-20-17-15(8-9-16(17)23-3)21(18(20)22)14-6-4-13(10-19)5-7-14/h4-9,12,15-17H,11H2,1-3H3/t15-,16-,17-/m1/s1. The number of ether oxygens (including phenoxy) is 1. The highest BCUT2D eigenvalue weighted by Gasteiger charge is 2.51. The zero-order valence-electron chi connectivity index (χ0n) is 13.6. The van der Waals surface area contributed by atoms with E-state index < -0.39 is 0 Å². The van der Waals surface area contributed by atoms with Gasteiger partial charge in [0, 0.05) is 19.3 Å². The predicted molar refractivity (Wildman–Crippen MR) is 88.1 cm³/mol. The van der Waals surface area contributed by atoms with Gasteiger partial charge in [-0.3, -0.25) is 4.90 Å². The van der Waals surface area contributed by atoms with Crippen molar-refractivity contribution in [3.05, 3.63) is 42.0 Å². The van der Waals surface area contributed by atoms with E-state index in [0.29, 0.717) is 18.0 Å². The Labute approximate surface area is 136 Å². The van der Waals surface area contributed by atoms with Crippen LogP contribution in [0.1, 0.15) is 19.4 Å². The van der Waals surface area contributed by atoms with E-state index in [0.717, 1.165) is 5.69 Å². The van der Waals surface area contributed by atoms with Gasteiger partial charge in [-0.15, -0.1) is 0 Å². The van der Waals surface area contributed by atoms with Crippen LogP contribution in [0.15, 0.2) is 36.4 Å². The molecular formula is C18H21N3O2. The first-order chi connectivity index (χ1) is 11.1. The first-order valence-corrected chi connectivity index (χ1v) is 7.88. The van der Waals surface area contributed by atoms with Gasteiger partial charge in [0.05, 0.1) is 29.8 Å². The number of nitrogens with zero attached hydrogens (tertiary/aromatic N) is 3. The number of carbonyl (C=O) groups is 1. The normalized spacial score (nSPS) is 26.0. The highest BCUT2D eigenvalue weighted by atomic mass is 16.5. The predicted octanol–water partition coefficient (Wildman–Crippen LogP) is 2.78. The molecule has 0 N–H and O–H groups in total. The lowest BCUT2D eigenvalue weighted by atomic mass is 10.1. The van der Waals surface area contributed by atoms with Crippen molar-refractivity contribution in [1.82, 2.24) is 4.90 Å². The minimum Gasteiger partial charge on any atom is -0.375 e. The van der Waals surface area contributed by atoms with Crippen LogP contribution in [0.5, 0.6) is 0 Å². The summed E-state index contributed by atoms with van der Waals surface area (Å²) in [6.45, 7) is 4.92. The molecule has 2 aliphatic rings. The molecule has 0 unspecified atom stereocenters. The number of hydrogen-bond acceptors (Lipinski definition) is 3. The third-order valence-electron chi connectivity index (χ3n) is 4.40. The maximum Gasteiger partial charge on any atom is 0.325 e. The Morgan fingerprint density at radius 3 is 2.52 bits per heavy atom. The summed E-state index contributed by atoms with van der Waals surface area (Å²) in [5, 5.41) is 8.94. The van der Waals surface area contributed by atoms with Crippen LogP contribution in [0.25, 0.3) is 0 Å². The van der Waals surface area contributed by atoms with Crippen molar-refractivity contribution in [1.29, 1.82) is 5.26 Å². The van der Waals surface area contributed by atoms with Crippen LogP contribution in [-0.4, -0.2) is 42.8 Å². The van der Waals surface area contributed by atoms with Gasteiger partial charge < -0.3 is 9.64 Å². The summed E-state index contributed by atoms with van der Waals surface area (Å²) in [5.74, 6) is 0.388. The molecule has 3 atom stereocenters. The number of anilines is 1. The summed E-state index contributed by atoms with van der Waals surface area (Å²) in [5.41, 5.74) is 1.41. The molecule has 5 heteroatoms. The summed E-state index contributed by atoms with van der Waals surface area (Å²) in [4.78, 5) is 16.7.